The van der Waals surface area contributed by atoms with Gasteiger partial charge in [0.15, 0.2) is 5.82 Å². The van der Waals surface area contributed by atoms with E-state index in [-0.39, 0.29) is 0 Å². The van der Waals surface area contributed by atoms with E-state index in [4.69, 9.17) is 10.5 Å². The average molecular weight is 385 g/mol. The molecule has 0 spiro atoms. The number of nitrogens with zero attached hydrogens (tertiary/aromatic N) is 2. The fourth-order valence-corrected chi connectivity index (χ4v) is 2.55. The molecule has 24 heavy (non-hydrogen) atoms. The Bertz CT molecular complexity index is 883. The van der Waals surface area contributed by atoms with Gasteiger partial charge in [-0.2, -0.15) is 4.98 Å². The van der Waals surface area contributed by atoms with Gasteiger partial charge in [-0.25, -0.2) is 4.98 Å². The summed E-state index contributed by atoms with van der Waals surface area (Å²) in [7, 11) is 0. The molecule has 0 aliphatic carbocycles. The Hall–Kier alpha value is -2.60. The van der Waals surface area contributed by atoms with Crippen LogP contribution < -0.4 is 15.8 Å². The van der Waals surface area contributed by atoms with E-state index in [0.717, 1.165) is 15.7 Å². The van der Waals surface area contributed by atoms with Gasteiger partial charge >= 0.3 is 0 Å². The van der Waals surface area contributed by atoms with Crippen molar-refractivity contribution in [3.8, 4) is 11.6 Å². The summed E-state index contributed by atoms with van der Waals surface area (Å²) >= 11 is 3.44. The highest BCUT2D eigenvalue weighted by atomic mass is 79.9. The third-order valence-corrected chi connectivity index (χ3v) is 4.12. The second-order valence-electron chi connectivity index (χ2n) is 5.42. The Labute approximate surface area is 149 Å². The number of benzene rings is 2. The molecular weight excluding hydrogens is 368 g/mol. The van der Waals surface area contributed by atoms with Crippen LogP contribution in [0.5, 0.6) is 11.6 Å². The molecule has 0 saturated carbocycles. The molecule has 3 N–H and O–H groups in total. The summed E-state index contributed by atoms with van der Waals surface area (Å²) < 4.78 is 6.79. The van der Waals surface area contributed by atoms with E-state index in [0.29, 0.717) is 23.1 Å². The summed E-state index contributed by atoms with van der Waals surface area (Å²) in [5.41, 5.74) is 9.74. The first-order valence-electron chi connectivity index (χ1n) is 7.41. The maximum Gasteiger partial charge on any atom is 0.248 e. The smallest absolute Gasteiger partial charge is 0.248 e. The summed E-state index contributed by atoms with van der Waals surface area (Å²) in [6.45, 7) is 4.09. The molecule has 0 saturated heterocycles. The van der Waals surface area contributed by atoms with Crippen LogP contribution in [0.1, 0.15) is 11.1 Å². The predicted octanol–water partition coefficient (Wildman–Crippen LogP) is 4.97. The van der Waals surface area contributed by atoms with Crippen LogP contribution in [0.3, 0.4) is 0 Å². The monoisotopic (exact) mass is 384 g/mol. The topological polar surface area (TPSA) is 73.1 Å². The molecule has 0 radical (unpaired) electrons. The molecule has 0 aliphatic heterocycles. The third-order valence-electron chi connectivity index (χ3n) is 3.63. The van der Waals surface area contributed by atoms with Gasteiger partial charge in [-0.15, -0.1) is 0 Å². The lowest BCUT2D eigenvalue weighted by molar-refractivity contribution is 0.464. The molecule has 122 valence electrons. The van der Waals surface area contributed by atoms with Crippen LogP contribution in [0.4, 0.5) is 17.2 Å². The third kappa shape index (κ3) is 3.65. The molecule has 1 heterocycles. The minimum atomic E-state index is 0.325. The number of nitrogen functional groups attached to an aromatic ring is 1. The van der Waals surface area contributed by atoms with E-state index in [2.05, 4.69) is 38.1 Å². The highest BCUT2D eigenvalue weighted by Gasteiger charge is 2.11. The lowest BCUT2D eigenvalue weighted by atomic mass is 10.1. The van der Waals surface area contributed by atoms with Crippen molar-refractivity contribution < 1.29 is 4.74 Å². The molecule has 0 bridgehead atoms. The molecular formula is C18H17BrN4O. The number of aryl methyl sites for hydroxylation is 2. The van der Waals surface area contributed by atoms with E-state index >= 15 is 0 Å². The van der Waals surface area contributed by atoms with Gasteiger partial charge in [-0.1, -0.05) is 28.1 Å². The normalized spacial score (nSPS) is 10.5. The highest BCUT2D eigenvalue weighted by molar-refractivity contribution is 9.10. The molecule has 1 aromatic heterocycles. The van der Waals surface area contributed by atoms with Crippen molar-refractivity contribution in [2.45, 2.75) is 13.8 Å². The van der Waals surface area contributed by atoms with Gasteiger partial charge in [0.05, 0.1) is 0 Å². The van der Waals surface area contributed by atoms with Crippen LogP contribution in [-0.4, -0.2) is 9.97 Å². The maximum atomic E-state index is 6.16. The number of halogens is 1. The van der Waals surface area contributed by atoms with Gasteiger partial charge in [-0.05, 0) is 55.3 Å². The van der Waals surface area contributed by atoms with Gasteiger partial charge < -0.3 is 15.8 Å². The minimum Gasteiger partial charge on any atom is -0.437 e. The Morgan fingerprint density at radius 2 is 1.88 bits per heavy atom. The zero-order chi connectivity index (χ0) is 17.1. The van der Waals surface area contributed by atoms with Crippen molar-refractivity contribution in [1.82, 2.24) is 9.97 Å². The largest absolute Gasteiger partial charge is 0.437 e. The SMILES string of the molecule is Cc1ccc(Oc2ncnc(Nc3cccc(Br)c3)c2N)cc1C. The Morgan fingerprint density at radius 1 is 1.04 bits per heavy atom. The summed E-state index contributed by atoms with van der Waals surface area (Å²) in [6.07, 6.45) is 1.42. The first kappa shape index (κ1) is 16.3. The van der Waals surface area contributed by atoms with Crippen LogP contribution in [0.25, 0.3) is 0 Å². The molecule has 3 aromatic rings. The molecule has 0 fully saturated rings. The molecule has 0 atom stereocenters. The van der Waals surface area contributed by atoms with Crippen molar-refractivity contribution in [3.05, 3.63) is 64.4 Å². The number of hydrogen-bond donors (Lipinski definition) is 2. The predicted molar refractivity (Wildman–Crippen MR) is 99.9 cm³/mol. The first-order valence-corrected chi connectivity index (χ1v) is 8.20. The van der Waals surface area contributed by atoms with Gasteiger partial charge in [0.1, 0.15) is 17.8 Å². The number of ether oxygens (including phenoxy) is 1. The fourth-order valence-electron chi connectivity index (χ4n) is 2.15. The second kappa shape index (κ2) is 6.88. The first-order chi connectivity index (χ1) is 11.5. The molecule has 5 nitrogen and oxygen atoms in total. The van der Waals surface area contributed by atoms with E-state index in [1.54, 1.807) is 0 Å². The fraction of sp³-hybridized carbons (Fsp3) is 0.111. The number of nitrogens with two attached hydrogens (primary N) is 1. The zero-order valence-corrected chi connectivity index (χ0v) is 15.0. The standard InChI is InChI=1S/C18H17BrN4O/c1-11-6-7-15(8-12(11)2)24-18-16(20)17(21-10-22-18)23-14-5-3-4-13(19)9-14/h3-10H,20H2,1-2H3,(H,21,22,23). The lowest BCUT2D eigenvalue weighted by Crippen LogP contribution is -2.03. The molecule has 0 unspecified atom stereocenters. The van der Waals surface area contributed by atoms with E-state index in [1.165, 1.54) is 11.9 Å². The van der Waals surface area contributed by atoms with Gasteiger partial charge in [0.25, 0.3) is 0 Å². The van der Waals surface area contributed by atoms with Crippen LogP contribution in [0.2, 0.25) is 0 Å². The van der Waals surface area contributed by atoms with Crippen molar-refractivity contribution in [2.24, 2.45) is 0 Å². The van der Waals surface area contributed by atoms with E-state index in [1.807, 2.05) is 49.4 Å². The molecule has 0 aliphatic rings. The Morgan fingerprint density at radius 3 is 2.62 bits per heavy atom. The average Bonchev–Trinajstić information content (AvgIpc) is 2.55. The van der Waals surface area contributed by atoms with E-state index < -0.39 is 0 Å². The van der Waals surface area contributed by atoms with E-state index in [9.17, 15) is 0 Å². The molecule has 6 heteroatoms. The Balaban J connectivity index is 1.86. The van der Waals surface area contributed by atoms with Crippen molar-refractivity contribution in [3.63, 3.8) is 0 Å². The molecule has 2 aromatic carbocycles. The summed E-state index contributed by atoms with van der Waals surface area (Å²) in [5, 5.41) is 3.17. The summed E-state index contributed by atoms with van der Waals surface area (Å²) in [5.74, 6) is 1.52. The van der Waals surface area contributed by atoms with Crippen molar-refractivity contribution in [2.75, 3.05) is 11.1 Å². The second-order valence-corrected chi connectivity index (χ2v) is 6.34. The van der Waals surface area contributed by atoms with Gasteiger partial charge in [0.2, 0.25) is 5.88 Å². The maximum absolute atomic E-state index is 6.16. The summed E-state index contributed by atoms with van der Waals surface area (Å²) in [4.78, 5) is 8.33. The molecule has 0 amide bonds. The van der Waals surface area contributed by atoms with Crippen molar-refractivity contribution >= 4 is 33.1 Å². The summed E-state index contributed by atoms with van der Waals surface area (Å²) in [6, 6.07) is 13.6. The van der Waals surface area contributed by atoms with Crippen LogP contribution in [0.15, 0.2) is 53.3 Å². The quantitative estimate of drug-likeness (QED) is 0.663. The lowest BCUT2D eigenvalue weighted by Gasteiger charge is -2.12. The van der Waals surface area contributed by atoms with Crippen LogP contribution in [0, 0.1) is 13.8 Å². The Kier molecular flexibility index (Phi) is 4.66. The van der Waals surface area contributed by atoms with Gasteiger partial charge in [0, 0.05) is 10.2 Å². The molecule has 3 rings (SSSR count). The number of nitrogens with one attached hydrogen (secondary N) is 1. The minimum absolute atomic E-state index is 0.325. The van der Waals surface area contributed by atoms with Crippen LogP contribution >= 0.6 is 15.9 Å². The zero-order valence-electron chi connectivity index (χ0n) is 13.4. The van der Waals surface area contributed by atoms with Crippen LogP contribution in [-0.2, 0) is 0 Å². The number of hydrogen-bond acceptors (Lipinski definition) is 5. The number of anilines is 3. The number of rotatable bonds is 4. The highest BCUT2D eigenvalue weighted by Crippen LogP contribution is 2.31. The van der Waals surface area contributed by atoms with Crippen molar-refractivity contribution in [1.29, 1.82) is 0 Å². The number of aromatic nitrogens is 2. The van der Waals surface area contributed by atoms with Gasteiger partial charge in [-0.3, -0.25) is 0 Å².